The van der Waals surface area contributed by atoms with E-state index in [9.17, 15) is 14.0 Å². The van der Waals surface area contributed by atoms with Crippen LogP contribution in [0.25, 0.3) is 5.69 Å². The smallest absolute Gasteiger partial charge is 0.319 e. The summed E-state index contributed by atoms with van der Waals surface area (Å²) in [6.07, 6.45) is 1.25. The minimum absolute atomic E-state index is 0.182. The van der Waals surface area contributed by atoms with Crippen LogP contribution in [0.4, 0.5) is 4.39 Å². The first-order valence-electron chi connectivity index (χ1n) is 8.27. The second-order valence-corrected chi connectivity index (χ2v) is 8.58. The Balaban J connectivity index is 2.14. The van der Waals surface area contributed by atoms with Gasteiger partial charge in [0.05, 0.1) is 23.4 Å². The van der Waals surface area contributed by atoms with Crippen molar-refractivity contribution in [1.82, 2.24) is 9.55 Å². The molecule has 3 rings (SSSR count). The summed E-state index contributed by atoms with van der Waals surface area (Å²) in [5.74, 6) is -0.741. The summed E-state index contributed by atoms with van der Waals surface area (Å²) >= 11 is 2.71. The fraction of sp³-hybridized carbons (Fsp3) is 0.389. The summed E-state index contributed by atoms with van der Waals surface area (Å²) in [6, 6.07) is 5.68. The lowest BCUT2D eigenvalue weighted by molar-refractivity contribution is -0.140. The molecule has 1 aliphatic rings. The zero-order valence-corrected chi connectivity index (χ0v) is 16.3. The number of rotatable bonds is 5. The van der Waals surface area contributed by atoms with Crippen LogP contribution in [0.5, 0.6) is 0 Å². The fourth-order valence-corrected chi connectivity index (χ4v) is 4.92. The Hall–Kier alpha value is -1.80. The zero-order valence-electron chi connectivity index (χ0n) is 14.7. The van der Waals surface area contributed by atoms with Crippen molar-refractivity contribution < 1.29 is 13.9 Å². The van der Waals surface area contributed by atoms with Crippen LogP contribution in [0.3, 0.4) is 0 Å². The van der Waals surface area contributed by atoms with Gasteiger partial charge in [-0.3, -0.25) is 14.2 Å². The topological polar surface area (TPSA) is 61.2 Å². The van der Waals surface area contributed by atoms with E-state index < -0.39 is 5.25 Å². The molecule has 0 aliphatic carbocycles. The molecule has 0 radical (unpaired) electrons. The number of aromatic nitrogens is 2. The van der Waals surface area contributed by atoms with Crippen molar-refractivity contribution in [3.63, 3.8) is 0 Å². The Bertz CT molecular complexity index is 883. The number of nitrogens with zero attached hydrogens (tertiary/aromatic N) is 2. The summed E-state index contributed by atoms with van der Waals surface area (Å²) < 4.78 is 19.6. The summed E-state index contributed by atoms with van der Waals surface area (Å²) in [5, 5.41) is 0.227. The molecule has 26 heavy (non-hydrogen) atoms. The molecule has 0 N–H and O–H groups in total. The summed E-state index contributed by atoms with van der Waals surface area (Å²) in [4.78, 5) is 30.4. The molecule has 2 atom stereocenters. The minimum atomic E-state index is -0.469. The van der Waals surface area contributed by atoms with Gasteiger partial charge < -0.3 is 4.74 Å². The normalized spacial score (nSPS) is 17.0. The van der Waals surface area contributed by atoms with Crippen LogP contribution in [0.2, 0.25) is 0 Å². The molecule has 138 valence electrons. The predicted octanol–water partition coefficient (Wildman–Crippen LogP) is 3.45. The summed E-state index contributed by atoms with van der Waals surface area (Å²) in [7, 11) is 1.34. The van der Waals surface area contributed by atoms with Gasteiger partial charge in [-0.15, -0.1) is 11.8 Å². The van der Waals surface area contributed by atoms with Crippen LogP contribution in [0.15, 0.2) is 39.1 Å². The van der Waals surface area contributed by atoms with Crippen molar-refractivity contribution in [1.29, 1.82) is 0 Å². The molecule has 0 saturated carbocycles. The van der Waals surface area contributed by atoms with Gasteiger partial charge in [-0.2, -0.15) is 0 Å². The second-order valence-electron chi connectivity index (χ2n) is 5.96. The van der Waals surface area contributed by atoms with Gasteiger partial charge in [0.15, 0.2) is 5.16 Å². The Morgan fingerprint density at radius 1 is 1.46 bits per heavy atom. The Morgan fingerprint density at radius 3 is 2.77 bits per heavy atom. The van der Waals surface area contributed by atoms with Gasteiger partial charge in [0.1, 0.15) is 11.1 Å². The third-order valence-electron chi connectivity index (χ3n) is 4.05. The number of fused-ring (bicyclic) bond motifs is 1. The number of carbonyl (C=O) groups excluding carboxylic acids is 1. The number of benzene rings is 1. The van der Waals surface area contributed by atoms with E-state index >= 15 is 0 Å². The summed E-state index contributed by atoms with van der Waals surface area (Å²) in [5.41, 5.74) is 1.10. The van der Waals surface area contributed by atoms with E-state index in [1.165, 1.54) is 59.5 Å². The fourth-order valence-electron chi connectivity index (χ4n) is 2.75. The third-order valence-corrected chi connectivity index (χ3v) is 6.56. The van der Waals surface area contributed by atoms with Crippen molar-refractivity contribution in [2.24, 2.45) is 0 Å². The van der Waals surface area contributed by atoms with E-state index in [1.807, 2.05) is 13.8 Å². The average molecular weight is 394 g/mol. The van der Waals surface area contributed by atoms with Crippen LogP contribution in [-0.2, 0) is 16.0 Å². The number of hydrogen-bond acceptors (Lipinski definition) is 6. The van der Waals surface area contributed by atoms with E-state index in [0.717, 1.165) is 5.69 Å². The van der Waals surface area contributed by atoms with E-state index in [0.29, 0.717) is 28.6 Å². The molecule has 1 aromatic heterocycles. The van der Waals surface area contributed by atoms with Crippen molar-refractivity contribution in [3.05, 3.63) is 46.1 Å². The van der Waals surface area contributed by atoms with Gasteiger partial charge in [0.25, 0.3) is 5.56 Å². The maximum absolute atomic E-state index is 13.3. The number of thioether (sulfide) groups is 2. The molecule has 0 bridgehead atoms. The monoisotopic (exact) mass is 394 g/mol. The molecule has 8 heteroatoms. The SMILES string of the molecule is CC[C@@H](Sc1nc2c(c(=O)n1-c1ccc(F)cc1)S[C@@H](C)C2)C(=O)OC. The molecular weight excluding hydrogens is 375 g/mol. The van der Waals surface area contributed by atoms with E-state index in [1.54, 1.807) is 0 Å². The van der Waals surface area contributed by atoms with Crippen LogP contribution in [-0.4, -0.2) is 33.1 Å². The molecule has 1 aliphatic heterocycles. The average Bonchev–Trinajstić information content (AvgIpc) is 3.01. The van der Waals surface area contributed by atoms with Gasteiger partial charge in [-0.1, -0.05) is 25.6 Å². The highest BCUT2D eigenvalue weighted by Crippen LogP contribution is 2.36. The van der Waals surface area contributed by atoms with E-state index in [4.69, 9.17) is 4.74 Å². The molecule has 5 nitrogen and oxygen atoms in total. The van der Waals surface area contributed by atoms with E-state index in [2.05, 4.69) is 4.98 Å². The van der Waals surface area contributed by atoms with Crippen LogP contribution in [0, 0.1) is 5.82 Å². The van der Waals surface area contributed by atoms with Crippen LogP contribution >= 0.6 is 23.5 Å². The van der Waals surface area contributed by atoms with Crippen LogP contribution < -0.4 is 5.56 Å². The highest BCUT2D eigenvalue weighted by Gasteiger charge is 2.29. The standard InChI is InChI=1S/C18H19FN2O3S2/c1-4-14(17(23)24-3)26-18-20-13-9-10(2)25-15(13)16(22)21(18)12-7-5-11(19)6-8-12/h5-8,10,14H,4,9H2,1-3H3/t10-,14+/m0/s1. The number of halogens is 1. The lowest BCUT2D eigenvalue weighted by atomic mass is 10.2. The third kappa shape index (κ3) is 3.66. The van der Waals surface area contributed by atoms with Crippen molar-refractivity contribution in [2.45, 2.75) is 47.2 Å². The van der Waals surface area contributed by atoms with Gasteiger partial charge in [-0.25, -0.2) is 9.37 Å². The Morgan fingerprint density at radius 2 is 2.15 bits per heavy atom. The summed E-state index contributed by atoms with van der Waals surface area (Å²) in [6.45, 7) is 3.92. The zero-order chi connectivity index (χ0) is 18.8. The Labute approximate surface area is 159 Å². The highest BCUT2D eigenvalue weighted by molar-refractivity contribution is 8.00. The number of esters is 1. The van der Waals surface area contributed by atoms with Crippen molar-refractivity contribution >= 4 is 29.5 Å². The number of ether oxygens (including phenoxy) is 1. The predicted molar refractivity (Wildman–Crippen MR) is 101 cm³/mol. The molecule has 0 spiro atoms. The van der Waals surface area contributed by atoms with Gasteiger partial charge in [0, 0.05) is 11.7 Å². The van der Waals surface area contributed by atoms with Crippen molar-refractivity contribution in [2.75, 3.05) is 7.11 Å². The lowest BCUT2D eigenvalue weighted by Gasteiger charge is -2.17. The molecule has 1 aromatic carbocycles. The molecule has 2 aromatic rings. The maximum atomic E-state index is 13.3. The number of hydrogen-bond donors (Lipinski definition) is 0. The molecular formula is C18H19FN2O3S2. The molecule has 0 fully saturated rings. The molecule has 0 amide bonds. The minimum Gasteiger partial charge on any atom is -0.468 e. The molecule has 2 heterocycles. The molecule has 0 saturated heterocycles. The van der Waals surface area contributed by atoms with Crippen LogP contribution in [0.1, 0.15) is 26.0 Å². The number of methoxy groups -OCH3 is 1. The van der Waals surface area contributed by atoms with Crippen molar-refractivity contribution in [3.8, 4) is 5.69 Å². The second kappa shape index (κ2) is 7.84. The quantitative estimate of drug-likeness (QED) is 0.440. The number of carbonyl (C=O) groups is 1. The van der Waals surface area contributed by atoms with Gasteiger partial charge in [-0.05, 0) is 30.7 Å². The van der Waals surface area contributed by atoms with Gasteiger partial charge >= 0.3 is 5.97 Å². The van der Waals surface area contributed by atoms with Gasteiger partial charge in [0.2, 0.25) is 0 Å². The highest BCUT2D eigenvalue weighted by atomic mass is 32.2. The van der Waals surface area contributed by atoms with E-state index in [-0.39, 0.29) is 22.6 Å². The lowest BCUT2D eigenvalue weighted by Crippen LogP contribution is -2.26. The first kappa shape index (κ1) is 19.0. The first-order valence-corrected chi connectivity index (χ1v) is 10.0. The first-order chi connectivity index (χ1) is 12.4. The largest absolute Gasteiger partial charge is 0.468 e. The Kier molecular flexibility index (Phi) is 5.72. The molecule has 0 unspecified atom stereocenters. The maximum Gasteiger partial charge on any atom is 0.319 e.